The predicted molar refractivity (Wildman–Crippen MR) is 87.4 cm³/mol. The van der Waals surface area contributed by atoms with Crippen molar-refractivity contribution in [1.82, 2.24) is 9.88 Å². The third-order valence-electron chi connectivity index (χ3n) is 4.40. The summed E-state index contributed by atoms with van der Waals surface area (Å²) >= 11 is 0. The van der Waals surface area contributed by atoms with E-state index in [1.165, 1.54) is 31.5 Å². The van der Waals surface area contributed by atoms with Crippen LogP contribution in [-0.2, 0) is 0 Å². The molecule has 3 rings (SSSR count). The lowest BCUT2D eigenvalue weighted by Gasteiger charge is -2.24. The molecule has 0 bridgehead atoms. The SMILES string of the molecule is CC(c1cccc(-c2cc(C(N)=O)ccn2)c1)N1CCCC1. The van der Waals surface area contributed by atoms with Crippen LogP contribution in [0.3, 0.4) is 0 Å². The van der Waals surface area contributed by atoms with Crippen molar-refractivity contribution in [2.45, 2.75) is 25.8 Å². The van der Waals surface area contributed by atoms with Gasteiger partial charge in [-0.3, -0.25) is 14.7 Å². The highest BCUT2D eigenvalue weighted by atomic mass is 16.1. The minimum absolute atomic E-state index is 0.404. The van der Waals surface area contributed by atoms with Crippen LogP contribution in [0, 0.1) is 0 Å². The third kappa shape index (κ3) is 3.02. The number of primary amides is 1. The van der Waals surface area contributed by atoms with E-state index < -0.39 is 5.91 Å². The molecule has 0 spiro atoms. The van der Waals surface area contributed by atoms with E-state index in [-0.39, 0.29) is 0 Å². The van der Waals surface area contributed by atoms with Crippen molar-refractivity contribution >= 4 is 5.91 Å². The Morgan fingerprint density at radius 3 is 2.73 bits per heavy atom. The van der Waals surface area contributed by atoms with Gasteiger partial charge in [-0.25, -0.2) is 0 Å². The van der Waals surface area contributed by atoms with Crippen molar-refractivity contribution in [1.29, 1.82) is 0 Å². The normalized spacial score (nSPS) is 16.6. The molecule has 114 valence electrons. The van der Waals surface area contributed by atoms with Crippen LogP contribution in [-0.4, -0.2) is 28.9 Å². The number of hydrogen-bond acceptors (Lipinski definition) is 3. The van der Waals surface area contributed by atoms with Gasteiger partial charge in [-0.15, -0.1) is 0 Å². The topological polar surface area (TPSA) is 59.2 Å². The quantitative estimate of drug-likeness (QED) is 0.943. The maximum Gasteiger partial charge on any atom is 0.248 e. The number of likely N-dealkylation sites (tertiary alicyclic amines) is 1. The molecule has 1 unspecified atom stereocenters. The second kappa shape index (κ2) is 6.28. The van der Waals surface area contributed by atoms with Gasteiger partial charge in [0.05, 0.1) is 5.69 Å². The molecule has 0 radical (unpaired) electrons. The number of hydrogen-bond donors (Lipinski definition) is 1. The van der Waals surface area contributed by atoms with Gasteiger partial charge in [-0.1, -0.05) is 18.2 Å². The van der Waals surface area contributed by atoms with Gasteiger partial charge in [0.2, 0.25) is 5.91 Å². The second-order valence-electron chi connectivity index (χ2n) is 5.84. The summed E-state index contributed by atoms with van der Waals surface area (Å²) in [5, 5.41) is 0. The minimum atomic E-state index is -0.426. The predicted octanol–water partition coefficient (Wildman–Crippen LogP) is 3.00. The van der Waals surface area contributed by atoms with Gasteiger partial charge in [0.25, 0.3) is 0 Å². The van der Waals surface area contributed by atoms with E-state index in [4.69, 9.17) is 5.73 Å². The standard InChI is InChI=1S/C18H21N3O/c1-13(21-9-2-3-10-21)14-5-4-6-15(11-14)17-12-16(18(19)22)7-8-20-17/h4-8,11-13H,2-3,9-10H2,1H3,(H2,19,22). The van der Waals surface area contributed by atoms with Crippen LogP contribution in [0.5, 0.6) is 0 Å². The largest absolute Gasteiger partial charge is 0.366 e. The molecule has 1 atom stereocenters. The molecule has 22 heavy (non-hydrogen) atoms. The maximum absolute atomic E-state index is 11.3. The van der Waals surface area contributed by atoms with Crippen LogP contribution in [0.15, 0.2) is 42.6 Å². The Balaban J connectivity index is 1.90. The molecule has 1 aliphatic heterocycles. The molecule has 1 saturated heterocycles. The summed E-state index contributed by atoms with van der Waals surface area (Å²) in [7, 11) is 0. The van der Waals surface area contributed by atoms with E-state index >= 15 is 0 Å². The Kier molecular flexibility index (Phi) is 4.20. The van der Waals surface area contributed by atoms with Crippen LogP contribution >= 0.6 is 0 Å². The fraction of sp³-hybridized carbons (Fsp3) is 0.333. The van der Waals surface area contributed by atoms with Crippen LogP contribution in [0.25, 0.3) is 11.3 Å². The second-order valence-corrected chi connectivity index (χ2v) is 5.84. The first-order valence-corrected chi connectivity index (χ1v) is 7.75. The molecule has 4 heteroatoms. The lowest BCUT2D eigenvalue weighted by atomic mass is 10.0. The fourth-order valence-corrected chi connectivity index (χ4v) is 3.04. The number of amides is 1. The van der Waals surface area contributed by atoms with E-state index in [2.05, 4.69) is 35.0 Å². The summed E-state index contributed by atoms with van der Waals surface area (Å²) in [4.78, 5) is 18.2. The number of rotatable bonds is 4. The summed E-state index contributed by atoms with van der Waals surface area (Å²) in [6.45, 7) is 4.58. The molecule has 1 amide bonds. The monoisotopic (exact) mass is 295 g/mol. The fourth-order valence-electron chi connectivity index (χ4n) is 3.04. The lowest BCUT2D eigenvalue weighted by Crippen LogP contribution is -2.23. The van der Waals surface area contributed by atoms with Gasteiger partial charge in [0, 0.05) is 23.4 Å². The minimum Gasteiger partial charge on any atom is -0.366 e. The number of nitrogens with zero attached hydrogens (tertiary/aromatic N) is 2. The Morgan fingerprint density at radius 1 is 1.23 bits per heavy atom. The van der Waals surface area contributed by atoms with Crippen LogP contribution in [0.4, 0.5) is 0 Å². The maximum atomic E-state index is 11.3. The molecule has 1 fully saturated rings. The lowest BCUT2D eigenvalue weighted by molar-refractivity contribution is 0.1000. The number of benzene rings is 1. The number of nitrogens with two attached hydrogens (primary N) is 1. The molecule has 2 heterocycles. The van der Waals surface area contributed by atoms with Gasteiger partial charge in [-0.2, -0.15) is 0 Å². The summed E-state index contributed by atoms with van der Waals surface area (Å²) < 4.78 is 0. The van der Waals surface area contributed by atoms with Gasteiger partial charge in [-0.05, 0) is 56.6 Å². The Labute approximate surface area is 131 Å². The van der Waals surface area contributed by atoms with Crippen LogP contribution < -0.4 is 5.73 Å². The molecule has 1 aromatic carbocycles. The molecule has 1 aliphatic rings. The molecule has 2 aromatic rings. The van der Waals surface area contributed by atoms with E-state index in [0.29, 0.717) is 11.6 Å². The Hall–Kier alpha value is -2.20. The first kappa shape index (κ1) is 14.7. The van der Waals surface area contributed by atoms with E-state index in [1.54, 1.807) is 18.3 Å². The summed E-state index contributed by atoms with van der Waals surface area (Å²) in [6.07, 6.45) is 4.20. The zero-order chi connectivity index (χ0) is 15.5. The Bertz CT molecular complexity index is 678. The van der Waals surface area contributed by atoms with E-state index in [0.717, 1.165) is 11.3 Å². The number of aromatic nitrogens is 1. The smallest absolute Gasteiger partial charge is 0.248 e. The molecule has 0 aliphatic carbocycles. The highest BCUT2D eigenvalue weighted by Crippen LogP contribution is 2.27. The van der Waals surface area contributed by atoms with E-state index in [9.17, 15) is 4.79 Å². The van der Waals surface area contributed by atoms with Crippen LogP contribution in [0.2, 0.25) is 0 Å². The number of pyridine rings is 1. The highest BCUT2D eigenvalue weighted by Gasteiger charge is 2.19. The number of carbonyl (C=O) groups excluding carboxylic acids is 1. The average molecular weight is 295 g/mol. The third-order valence-corrected chi connectivity index (χ3v) is 4.40. The van der Waals surface area contributed by atoms with Gasteiger partial charge in [0.1, 0.15) is 0 Å². The van der Waals surface area contributed by atoms with Gasteiger partial charge < -0.3 is 5.73 Å². The first-order chi connectivity index (χ1) is 10.6. The van der Waals surface area contributed by atoms with Crippen LogP contribution in [0.1, 0.15) is 41.7 Å². The van der Waals surface area contributed by atoms with Crippen molar-refractivity contribution < 1.29 is 4.79 Å². The molecule has 0 saturated carbocycles. The van der Waals surface area contributed by atoms with Crippen molar-refractivity contribution in [3.05, 3.63) is 53.7 Å². The zero-order valence-corrected chi connectivity index (χ0v) is 12.8. The molecular weight excluding hydrogens is 274 g/mol. The van der Waals surface area contributed by atoms with Gasteiger partial charge >= 0.3 is 0 Å². The number of carbonyl (C=O) groups is 1. The highest BCUT2D eigenvalue weighted by molar-refractivity contribution is 5.93. The summed E-state index contributed by atoms with van der Waals surface area (Å²) in [5.41, 5.74) is 8.92. The Morgan fingerprint density at radius 2 is 2.00 bits per heavy atom. The van der Waals surface area contributed by atoms with Crippen molar-refractivity contribution in [2.75, 3.05) is 13.1 Å². The zero-order valence-electron chi connectivity index (χ0n) is 12.8. The molecule has 1 aromatic heterocycles. The van der Waals surface area contributed by atoms with Crippen molar-refractivity contribution in [3.8, 4) is 11.3 Å². The molecule has 4 nitrogen and oxygen atoms in total. The summed E-state index contributed by atoms with van der Waals surface area (Å²) in [5.74, 6) is -0.426. The summed E-state index contributed by atoms with van der Waals surface area (Å²) in [6, 6.07) is 12.2. The van der Waals surface area contributed by atoms with Gasteiger partial charge in [0.15, 0.2) is 0 Å². The van der Waals surface area contributed by atoms with Crippen molar-refractivity contribution in [2.24, 2.45) is 5.73 Å². The molecule has 2 N–H and O–H groups in total. The van der Waals surface area contributed by atoms with Crippen molar-refractivity contribution in [3.63, 3.8) is 0 Å². The van der Waals surface area contributed by atoms with E-state index in [1.807, 2.05) is 6.07 Å². The average Bonchev–Trinajstić information content (AvgIpc) is 3.09. The molecular formula is C18H21N3O. The first-order valence-electron chi connectivity index (χ1n) is 7.75.